The fourth-order valence-corrected chi connectivity index (χ4v) is 3.88. The molecule has 1 atom stereocenters. The van der Waals surface area contributed by atoms with Crippen LogP contribution in [0.1, 0.15) is 32.1 Å². The minimum Gasteiger partial charge on any atom is -0.481 e. The summed E-state index contributed by atoms with van der Waals surface area (Å²) in [7, 11) is 0. The van der Waals surface area contributed by atoms with Crippen molar-refractivity contribution in [2.45, 2.75) is 38.1 Å². The van der Waals surface area contributed by atoms with Gasteiger partial charge in [0.25, 0.3) is 0 Å². The maximum atomic E-state index is 13.9. The first-order valence-corrected chi connectivity index (χ1v) is 9.29. The Balaban J connectivity index is 1.38. The summed E-state index contributed by atoms with van der Waals surface area (Å²) in [4.78, 5) is 25.1. The SMILES string of the molecule is O=C(NCC1CCN(c2ccccc2F)C1)NC1CCC(C(=O)O)CC1. The summed E-state index contributed by atoms with van der Waals surface area (Å²) in [6.45, 7) is 2.07. The Hall–Kier alpha value is -2.31. The number of para-hydroxylation sites is 1. The first-order chi connectivity index (χ1) is 12.5. The number of halogens is 1. The van der Waals surface area contributed by atoms with Crippen molar-refractivity contribution in [3.63, 3.8) is 0 Å². The van der Waals surface area contributed by atoms with E-state index in [0.717, 1.165) is 19.5 Å². The maximum absolute atomic E-state index is 13.9. The summed E-state index contributed by atoms with van der Waals surface area (Å²) in [5.41, 5.74) is 0.620. The van der Waals surface area contributed by atoms with E-state index in [1.807, 2.05) is 11.0 Å². The number of benzene rings is 1. The van der Waals surface area contributed by atoms with Gasteiger partial charge in [0, 0.05) is 25.7 Å². The predicted molar refractivity (Wildman–Crippen MR) is 96.6 cm³/mol. The molecule has 1 unspecified atom stereocenters. The summed E-state index contributed by atoms with van der Waals surface area (Å²) in [6.07, 6.45) is 3.54. The molecule has 142 valence electrons. The molecule has 1 aliphatic heterocycles. The van der Waals surface area contributed by atoms with Crippen LogP contribution in [-0.2, 0) is 4.79 Å². The van der Waals surface area contributed by atoms with Crippen molar-refractivity contribution in [3.8, 4) is 0 Å². The van der Waals surface area contributed by atoms with Gasteiger partial charge >= 0.3 is 12.0 Å². The van der Waals surface area contributed by atoms with Crippen LogP contribution in [0.25, 0.3) is 0 Å². The normalized spacial score (nSPS) is 25.7. The predicted octanol–water partition coefficient (Wildman–Crippen LogP) is 2.59. The first-order valence-electron chi connectivity index (χ1n) is 9.29. The number of nitrogens with one attached hydrogen (secondary N) is 2. The number of carbonyl (C=O) groups is 2. The van der Waals surface area contributed by atoms with Gasteiger partial charge in [-0.15, -0.1) is 0 Å². The van der Waals surface area contributed by atoms with E-state index in [-0.39, 0.29) is 23.8 Å². The molecule has 1 aliphatic carbocycles. The average Bonchev–Trinajstić information content (AvgIpc) is 3.09. The monoisotopic (exact) mass is 363 g/mol. The Labute approximate surface area is 152 Å². The molecule has 1 heterocycles. The van der Waals surface area contributed by atoms with Gasteiger partial charge in [0.15, 0.2) is 0 Å². The lowest BCUT2D eigenvalue weighted by molar-refractivity contribution is -0.142. The molecule has 26 heavy (non-hydrogen) atoms. The second-order valence-electron chi connectivity index (χ2n) is 7.29. The Morgan fingerprint density at radius 1 is 1.15 bits per heavy atom. The lowest BCUT2D eigenvalue weighted by Crippen LogP contribution is -2.45. The number of carboxylic acid groups (broad SMARTS) is 1. The second-order valence-corrected chi connectivity index (χ2v) is 7.29. The molecule has 3 rings (SSSR count). The van der Waals surface area contributed by atoms with E-state index < -0.39 is 5.97 Å². The molecule has 1 saturated carbocycles. The minimum atomic E-state index is -0.742. The van der Waals surface area contributed by atoms with Gasteiger partial charge in [-0.05, 0) is 50.2 Å². The van der Waals surface area contributed by atoms with E-state index in [1.54, 1.807) is 12.1 Å². The fourth-order valence-electron chi connectivity index (χ4n) is 3.88. The molecule has 3 N–H and O–H groups in total. The van der Waals surface area contributed by atoms with Crippen LogP contribution in [0.4, 0.5) is 14.9 Å². The number of carbonyl (C=O) groups excluding carboxylic acids is 1. The zero-order valence-electron chi connectivity index (χ0n) is 14.8. The molecule has 0 spiro atoms. The third kappa shape index (κ3) is 4.65. The van der Waals surface area contributed by atoms with E-state index in [0.29, 0.717) is 43.8 Å². The van der Waals surface area contributed by atoms with E-state index in [1.165, 1.54) is 6.07 Å². The molecule has 6 nitrogen and oxygen atoms in total. The Morgan fingerprint density at radius 3 is 2.58 bits per heavy atom. The quantitative estimate of drug-likeness (QED) is 0.751. The Bertz CT molecular complexity index is 647. The molecule has 2 aliphatic rings. The van der Waals surface area contributed by atoms with Crippen LogP contribution in [0.15, 0.2) is 24.3 Å². The summed E-state index contributed by atoms with van der Waals surface area (Å²) in [5, 5.41) is 14.8. The van der Waals surface area contributed by atoms with E-state index in [2.05, 4.69) is 10.6 Å². The van der Waals surface area contributed by atoms with E-state index >= 15 is 0 Å². The Morgan fingerprint density at radius 2 is 1.88 bits per heavy atom. The third-order valence-electron chi connectivity index (χ3n) is 5.44. The number of hydrogen-bond donors (Lipinski definition) is 3. The summed E-state index contributed by atoms with van der Waals surface area (Å²) < 4.78 is 13.9. The molecular weight excluding hydrogens is 337 g/mol. The van der Waals surface area contributed by atoms with Crippen molar-refractivity contribution in [1.29, 1.82) is 0 Å². The van der Waals surface area contributed by atoms with Crippen molar-refractivity contribution < 1.29 is 19.1 Å². The van der Waals surface area contributed by atoms with Gasteiger partial charge in [-0.1, -0.05) is 12.1 Å². The third-order valence-corrected chi connectivity index (χ3v) is 5.44. The number of anilines is 1. The number of rotatable bonds is 5. The van der Waals surface area contributed by atoms with Gasteiger partial charge in [0.1, 0.15) is 5.82 Å². The Kier molecular flexibility index (Phi) is 5.96. The van der Waals surface area contributed by atoms with Gasteiger partial charge in [0.05, 0.1) is 11.6 Å². The summed E-state index contributed by atoms with van der Waals surface area (Å²) >= 11 is 0. The van der Waals surface area contributed by atoms with Crippen LogP contribution in [0.2, 0.25) is 0 Å². The summed E-state index contributed by atoms with van der Waals surface area (Å²) in [6, 6.07) is 6.61. The van der Waals surface area contributed by atoms with Crippen LogP contribution < -0.4 is 15.5 Å². The number of carboxylic acids is 1. The highest BCUT2D eigenvalue weighted by atomic mass is 19.1. The highest BCUT2D eigenvalue weighted by molar-refractivity contribution is 5.74. The van der Waals surface area contributed by atoms with E-state index in [9.17, 15) is 14.0 Å². The highest BCUT2D eigenvalue weighted by Gasteiger charge is 2.28. The fraction of sp³-hybridized carbons (Fsp3) is 0.579. The van der Waals surface area contributed by atoms with Crippen molar-refractivity contribution in [1.82, 2.24) is 10.6 Å². The lowest BCUT2D eigenvalue weighted by Gasteiger charge is -2.27. The topological polar surface area (TPSA) is 81.7 Å². The molecule has 7 heteroatoms. The van der Waals surface area contributed by atoms with Crippen molar-refractivity contribution >= 4 is 17.7 Å². The lowest BCUT2D eigenvalue weighted by atomic mass is 9.86. The molecular formula is C19H26FN3O3. The second kappa shape index (κ2) is 8.38. The smallest absolute Gasteiger partial charge is 0.315 e. The standard InChI is InChI=1S/C19H26FN3O3/c20-16-3-1-2-4-17(16)23-10-9-13(12-23)11-21-19(26)22-15-7-5-14(6-8-15)18(24)25/h1-4,13-15H,5-12H2,(H,24,25)(H2,21,22,26). The molecule has 0 bridgehead atoms. The van der Waals surface area contributed by atoms with Crippen LogP contribution in [0.3, 0.4) is 0 Å². The van der Waals surface area contributed by atoms with Crippen LogP contribution >= 0.6 is 0 Å². The average molecular weight is 363 g/mol. The van der Waals surface area contributed by atoms with Gasteiger partial charge in [-0.2, -0.15) is 0 Å². The van der Waals surface area contributed by atoms with Crippen LogP contribution in [0, 0.1) is 17.7 Å². The number of urea groups is 1. The first kappa shape index (κ1) is 18.5. The molecule has 1 aromatic carbocycles. The molecule has 2 amide bonds. The van der Waals surface area contributed by atoms with Crippen LogP contribution in [-0.4, -0.2) is 42.8 Å². The highest BCUT2D eigenvalue weighted by Crippen LogP contribution is 2.26. The molecule has 1 aromatic rings. The zero-order valence-corrected chi connectivity index (χ0v) is 14.8. The van der Waals surface area contributed by atoms with Crippen LogP contribution in [0.5, 0.6) is 0 Å². The maximum Gasteiger partial charge on any atom is 0.315 e. The van der Waals surface area contributed by atoms with Gasteiger partial charge in [0.2, 0.25) is 0 Å². The minimum absolute atomic E-state index is 0.0455. The van der Waals surface area contributed by atoms with Gasteiger partial charge in [-0.3, -0.25) is 4.79 Å². The van der Waals surface area contributed by atoms with Gasteiger partial charge < -0.3 is 20.6 Å². The largest absolute Gasteiger partial charge is 0.481 e. The number of amides is 2. The van der Waals surface area contributed by atoms with Crippen molar-refractivity contribution in [2.24, 2.45) is 11.8 Å². The number of hydrogen-bond acceptors (Lipinski definition) is 3. The number of nitrogens with zero attached hydrogens (tertiary/aromatic N) is 1. The van der Waals surface area contributed by atoms with Crippen molar-refractivity contribution in [3.05, 3.63) is 30.1 Å². The molecule has 2 fully saturated rings. The van der Waals surface area contributed by atoms with E-state index in [4.69, 9.17) is 5.11 Å². The summed E-state index contributed by atoms with van der Waals surface area (Å²) in [5.74, 6) is -0.938. The van der Waals surface area contributed by atoms with Crippen molar-refractivity contribution in [2.75, 3.05) is 24.5 Å². The molecule has 0 radical (unpaired) electrons. The number of aliphatic carboxylic acids is 1. The van der Waals surface area contributed by atoms with Gasteiger partial charge in [-0.25, -0.2) is 9.18 Å². The molecule has 0 aromatic heterocycles. The molecule has 1 saturated heterocycles. The zero-order chi connectivity index (χ0) is 18.5.